The lowest BCUT2D eigenvalue weighted by Crippen LogP contribution is -2.30. The van der Waals surface area contributed by atoms with E-state index in [4.69, 9.17) is 4.74 Å². The molecule has 0 aliphatic rings. The number of amides is 1. The quantitative estimate of drug-likeness (QED) is 0.507. The van der Waals surface area contributed by atoms with Crippen molar-refractivity contribution in [2.45, 2.75) is 32.7 Å². The van der Waals surface area contributed by atoms with Gasteiger partial charge in [0, 0.05) is 0 Å². The van der Waals surface area contributed by atoms with Gasteiger partial charge in [-0.15, -0.1) is 16.9 Å². The van der Waals surface area contributed by atoms with Crippen molar-refractivity contribution in [3.63, 3.8) is 0 Å². The van der Waals surface area contributed by atoms with Crippen molar-refractivity contribution < 1.29 is 27.5 Å². The van der Waals surface area contributed by atoms with Crippen LogP contribution in [0.3, 0.4) is 0 Å². The molecule has 0 aromatic carbocycles. The van der Waals surface area contributed by atoms with Gasteiger partial charge < -0.3 is 10.1 Å². The Kier molecular flexibility index (Phi) is 6.02. The molecule has 1 aromatic heterocycles. The van der Waals surface area contributed by atoms with Gasteiger partial charge >= 0.3 is 18.1 Å². The van der Waals surface area contributed by atoms with Crippen molar-refractivity contribution in [1.82, 2.24) is 0 Å². The lowest BCUT2D eigenvalue weighted by atomic mass is 10.3. The largest absolute Gasteiger partial charge is 0.471 e. The maximum atomic E-state index is 12.4. The fraction of sp³-hybridized carbons (Fsp3) is 0.429. The van der Waals surface area contributed by atoms with Gasteiger partial charge in [0.2, 0.25) is 0 Å². The van der Waals surface area contributed by atoms with E-state index in [1.165, 1.54) is 0 Å². The first kappa shape index (κ1) is 19.3. The van der Waals surface area contributed by atoms with Crippen molar-refractivity contribution in [2.75, 3.05) is 11.9 Å². The molecule has 0 bridgehead atoms. The van der Waals surface area contributed by atoms with Gasteiger partial charge in [0.25, 0.3) is 0 Å². The van der Waals surface area contributed by atoms with Gasteiger partial charge in [-0.1, -0.05) is 25.6 Å². The summed E-state index contributed by atoms with van der Waals surface area (Å²) in [5.74, 6) is -0.00737. The normalized spacial score (nSPS) is 11.4. The lowest BCUT2D eigenvalue weighted by molar-refractivity contribution is -0.167. The molecule has 0 radical (unpaired) electrons. The van der Waals surface area contributed by atoms with Crippen LogP contribution in [0.15, 0.2) is 6.07 Å². The van der Waals surface area contributed by atoms with Crippen molar-refractivity contribution in [3.05, 3.63) is 15.8 Å². The maximum Gasteiger partial charge on any atom is 0.471 e. The number of thiophene rings is 1. The third-order valence-corrected chi connectivity index (χ3v) is 4.17. The van der Waals surface area contributed by atoms with Gasteiger partial charge in [0.1, 0.15) is 17.8 Å². The van der Waals surface area contributed by atoms with E-state index in [-0.39, 0.29) is 22.0 Å². The number of nitrogens with one attached hydrogen (secondary N) is 1. The highest BCUT2D eigenvalue weighted by atomic mass is 32.1. The van der Waals surface area contributed by atoms with Crippen LogP contribution in [-0.4, -0.2) is 32.7 Å². The van der Waals surface area contributed by atoms with Crippen LogP contribution in [0.1, 0.15) is 21.5 Å². The Bertz CT molecular complexity index is 666. The summed E-state index contributed by atoms with van der Waals surface area (Å²) in [4.78, 5) is 23.1. The van der Waals surface area contributed by atoms with Crippen LogP contribution in [0.25, 0.3) is 0 Å². The van der Waals surface area contributed by atoms with Crippen molar-refractivity contribution in [1.29, 1.82) is 0 Å². The van der Waals surface area contributed by atoms with Crippen LogP contribution in [0, 0.1) is 11.5 Å². The van der Waals surface area contributed by atoms with Gasteiger partial charge in [0.05, 0.1) is 12.3 Å². The molecule has 0 spiro atoms. The minimum absolute atomic E-state index is 0.0872. The monoisotopic (exact) mass is 363 g/mol. The van der Waals surface area contributed by atoms with Crippen LogP contribution < -0.4 is 5.32 Å². The number of rotatable bonds is 3. The van der Waals surface area contributed by atoms with E-state index in [2.05, 4.69) is 11.5 Å². The second-order valence-corrected chi connectivity index (χ2v) is 11.3. The number of carbonyl (C=O) groups is 2. The average molecular weight is 363 g/mol. The number of halogens is 3. The Balaban J connectivity index is 3.21. The molecule has 0 unspecified atom stereocenters. The molecule has 1 amide bonds. The molecule has 126 valence electrons. The number of hydrogen-bond acceptors (Lipinski definition) is 4. The first-order chi connectivity index (χ1) is 10.4. The second-order valence-electron chi connectivity index (χ2n) is 5.53. The molecule has 1 N–H and O–H groups in total. The third-order valence-electron chi connectivity index (χ3n) is 2.27. The number of alkyl halides is 3. The van der Waals surface area contributed by atoms with Crippen LogP contribution >= 0.6 is 11.3 Å². The molecular formula is C14H16F3NO3SSi. The van der Waals surface area contributed by atoms with Crippen molar-refractivity contribution >= 4 is 37.0 Å². The maximum absolute atomic E-state index is 12.4. The molecule has 0 aliphatic carbocycles. The van der Waals surface area contributed by atoms with E-state index in [0.717, 1.165) is 17.4 Å². The van der Waals surface area contributed by atoms with Crippen molar-refractivity contribution in [2.24, 2.45) is 0 Å². The molecule has 0 aliphatic heterocycles. The van der Waals surface area contributed by atoms with Crippen LogP contribution in [0.2, 0.25) is 19.6 Å². The molecule has 1 heterocycles. The fourth-order valence-electron chi connectivity index (χ4n) is 1.32. The fourth-order valence-corrected chi connectivity index (χ4v) is 2.77. The highest BCUT2D eigenvalue weighted by Crippen LogP contribution is 2.29. The molecule has 0 saturated carbocycles. The Morgan fingerprint density at radius 3 is 2.43 bits per heavy atom. The smallest absolute Gasteiger partial charge is 0.462 e. The molecule has 1 aromatic rings. The highest BCUT2D eigenvalue weighted by Gasteiger charge is 2.39. The standard InChI is InChI=1S/C14H16F3NO3SSi/c1-5-21-12(19)11-8-9(18-13(20)14(15,16)17)10(22-11)6-7-23(2,3)4/h8H,5H2,1-4H3,(H,18,20). The minimum atomic E-state index is -5.02. The Labute approximate surface area is 137 Å². The number of ether oxygens (including phenoxy) is 1. The first-order valence-corrected chi connectivity index (χ1v) is 11.0. The van der Waals surface area contributed by atoms with E-state index in [1.54, 1.807) is 12.2 Å². The zero-order chi connectivity index (χ0) is 17.8. The third kappa shape index (κ3) is 6.07. The Morgan fingerprint density at radius 1 is 1.35 bits per heavy atom. The number of hydrogen-bond donors (Lipinski definition) is 1. The molecule has 0 atom stereocenters. The summed E-state index contributed by atoms with van der Waals surface area (Å²) in [6, 6.07) is 1.15. The predicted molar refractivity (Wildman–Crippen MR) is 85.2 cm³/mol. The second kappa shape index (κ2) is 7.19. The first-order valence-electron chi connectivity index (χ1n) is 6.66. The van der Waals surface area contributed by atoms with Crippen LogP contribution in [0.4, 0.5) is 18.9 Å². The Hall–Kier alpha value is -1.79. The molecule has 4 nitrogen and oxygen atoms in total. The molecule has 1 rings (SSSR count). The van der Waals surface area contributed by atoms with Gasteiger partial charge in [0.15, 0.2) is 0 Å². The zero-order valence-corrected chi connectivity index (χ0v) is 14.9. The van der Waals surface area contributed by atoms with Crippen LogP contribution in [-0.2, 0) is 9.53 Å². The number of anilines is 1. The Morgan fingerprint density at radius 2 is 1.96 bits per heavy atom. The van der Waals surface area contributed by atoms with Gasteiger partial charge in [-0.3, -0.25) is 4.79 Å². The summed E-state index contributed by atoms with van der Waals surface area (Å²) >= 11 is 0.893. The SMILES string of the molecule is CCOC(=O)c1cc(NC(=O)C(F)(F)F)c(C#C[Si](C)(C)C)s1. The topological polar surface area (TPSA) is 55.4 Å². The zero-order valence-electron chi connectivity index (χ0n) is 13.1. The summed E-state index contributed by atoms with van der Waals surface area (Å²) in [7, 11) is -1.78. The lowest BCUT2D eigenvalue weighted by Gasteiger charge is -2.07. The summed E-state index contributed by atoms with van der Waals surface area (Å²) in [5, 5.41) is 1.76. The van der Waals surface area contributed by atoms with Gasteiger partial charge in [-0.2, -0.15) is 13.2 Å². The summed E-state index contributed by atoms with van der Waals surface area (Å²) in [6.45, 7) is 7.65. The molecule has 0 saturated heterocycles. The van der Waals surface area contributed by atoms with E-state index in [1.807, 2.05) is 19.6 Å². The summed E-state index contributed by atoms with van der Waals surface area (Å²) in [6.07, 6.45) is -5.02. The van der Waals surface area contributed by atoms with Crippen LogP contribution in [0.5, 0.6) is 0 Å². The molecule has 0 fully saturated rings. The molecule has 9 heteroatoms. The number of esters is 1. The van der Waals surface area contributed by atoms with Crippen molar-refractivity contribution in [3.8, 4) is 11.5 Å². The number of carbonyl (C=O) groups excluding carboxylic acids is 2. The summed E-state index contributed by atoms with van der Waals surface area (Å²) < 4.78 is 42.0. The molecular weight excluding hydrogens is 347 g/mol. The van der Waals surface area contributed by atoms with E-state index < -0.39 is 26.1 Å². The predicted octanol–water partition coefficient (Wildman–Crippen LogP) is 3.65. The van der Waals surface area contributed by atoms with Gasteiger partial charge in [-0.05, 0) is 13.0 Å². The minimum Gasteiger partial charge on any atom is -0.462 e. The van der Waals surface area contributed by atoms with Gasteiger partial charge in [-0.25, -0.2) is 4.79 Å². The average Bonchev–Trinajstić information content (AvgIpc) is 2.78. The van der Waals surface area contributed by atoms with E-state index in [9.17, 15) is 22.8 Å². The summed E-state index contributed by atoms with van der Waals surface area (Å²) in [5.41, 5.74) is 2.86. The van der Waals surface area contributed by atoms with E-state index >= 15 is 0 Å². The highest BCUT2D eigenvalue weighted by molar-refractivity contribution is 7.15. The molecule has 23 heavy (non-hydrogen) atoms. The van der Waals surface area contributed by atoms with E-state index in [0.29, 0.717) is 0 Å².